The third kappa shape index (κ3) is 7.34. The highest BCUT2D eigenvalue weighted by atomic mass is 16.3. The Balaban J connectivity index is 1.49. The number of benzene rings is 2. The zero-order valence-electron chi connectivity index (χ0n) is 22.4. The highest BCUT2D eigenvalue weighted by Gasteiger charge is 2.11. The fraction of sp³-hybridized carbons (Fsp3) is 0.448. The van der Waals surface area contributed by atoms with Crippen molar-refractivity contribution in [2.45, 2.75) is 45.7 Å². The van der Waals surface area contributed by atoms with Crippen LogP contribution >= 0.6 is 0 Å². The summed E-state index contributed by atoms with van der Waals surface area (Å²) >= 11 is 0. The van der Waals surface area contributed by atoms with E-state index in [2.05, 4.69) is 60.2 Å². The number of hydrogen-bond acceptors (Lipinski definition) is 6. The van der Waals surface area contributed by atoms with Gasteiger partial charge in [-0.15, -0.1) is 0 Å². The lowest BCUT2D eigenvalue weighted by Gasteiger charge is -2.24. The van der Waals surface area contributed by atoms with Crippen molar-refractivity contribution in [1.29, 1.82) is 0 Å². The lowest BCUT2D eigenvalue weighted by Crippen LogP contribution is -2.25. The van der Waals surface area contributed by atoms with Crippen LogP contribution in [0, 0.1) is 0 Å². The zero-order valence-corrected chi connectivity index (χ0v) is 22.4. The van der Waals surface area contributed by atoms with Gasteiger partial charge in [0.1, 0.15) is 5.75 Å². The van der Waals surface area contributed by atoms with Crippen LogP contribution in [0.4, 0.5) is 11.4 Å². The fourth-order valence-corrected chi connectivity index (χ4v) is 4.39. The molecule has 0 aliphatic rings. The van der Waals surface area contributed by atoms with Crippen molar-refractivity contribution in [3.05, 3.63) is 70.5 Å². The van der Waals surface area contributed by atoms with E-state index in [0.717, 1.165) is 51.0 Å². The van der Waals surface area contributed by atoms with Crippen LogP contribution in [0.15, 0.2) is 59.4 Å². The van der Waals surface area contributed by atoms with E-state index in [1.54, 1.807) is 12.1 Å². The van der Waals surface area contributed by atoms with E-state index in [0.29, 0.717) is 17.8 Å². The quantitative estimate of drug-likeness (QED) is 0.346. The van der Waals surface area contributed by atoms with Gasteiger partial charge in [0.05, 0.1) is 5.69 Å². The molecule has 7 heteroatoms. The summed E-state index contributed by atoms with van der Waals surface area (Å²) in [5, 5.41) is 15.0. The van der Waals surface area contributed by atoms with E-state index >= 15 is 0 Å². The molecule has 0 atom stereocenters. The molecule has 0 spiro atoms. The molecule has 0 fully saturated rings. The van der Waals surface area contributed by atoms with Gasteiger partial charge in [0, 0.05) is 70.4 Å². The van der Waals surface area contributed by atoms with Crippen molar-refractivity contribution in [3.8, 4) is 17.0 Å². The number of aryl methyl sites for hydroxylation is 1. The van der Waals surface area contributed by atoms with Crippen LogP contribution in [0.1, 0.15) is 38.2 Å². The first-order chi connectivity index (χ1) is 17.3. The number of anilines is 2. The average molecular weight is 492 g/mol. The molecular formula is C29H41N5O2. The summed E-state index contributed by atoms with van der Waals surface area (Å²) in [6, 6.07) is 17.3. The molecule has 1 aromatic heterocycles. The fourth-order valence-electron chi connectivity index (χ4n) is 4.39. The van der Waals surface area contributed by atoms with Gasteiger partial charge >= 0.3 is 0 Å². The van der Waals surface area contributed by atoms with Gasteiger partial charge in [0.15, 0.2) is 0 Å². The number of nitrogens with zero attached hydrogens (tertiary/aromatic N) is 5. The predicted molar refractivity (Wildman–Crippen MR) is 150 cm³/mol. The smallest absolute Gasteiger partial charge is 0.266 e. The van der Waals surface area contributed by atoms with Gasteiger partial charge in [-0.2, -0.15) is 5.10 Å². The minimum Gasteiger partial charge on any atom is -0.507 e. The number of phenols is 1. The van der Waals surface area contributed by atoms with Crippen molar-refractivity contribution in [2.75, 3.05) is 51.1 Å². The lowest BCUT2D eigenvalue weighted by molar-refractivity contribution is 0.272. The summed E-state index contributed by atoms with van der Waals surface area (Å²) in [5.41, 5.74) is 4.67. The highest BCUT2D eigenvalue weighted by Crippen LogP contribution is 2.30. The average Bonchev–Trinajstić information content (AvgIpc) is 2.86. The summed E-state index contributed by atoms with van der Waals surface area (Å²) in [4.78, 5) is 18.9. The molecule has 0 aliphatic heterocycles. The zero-order chi connectivity index (χ0) is 26.1. The molecule has 0 saturated carbocycles. The Kier molecular flexibility index (Phi) is 9.94. The lowest BCUT2D eigenvalue weighted by atomic mass is 10.1. The second kappa shape index (κ2) is 13.1. The van der Waals surface area contributed by atoms with Gasteiger partial charge in [-0.1, -0.05) is 38.0 Å². The van der Waals surface area contributed by atoms with Gasteiger partial charge in [-0.3, -0.25) is 9.69 Å². The minimum absolute atomic E-state index is 0.111. The molecule has 0 unspecified atom stereocenters. The molecule has 0 radical (unpaired) electrons. The monoisotopic (exact) mass is 491 g/mol. The Labute approximate surface area is 215 Å². The van der Waals surface area contributed by atoms with Crippen LogP contribution in [0.2, 0.25) is 0 Å². The SMILES string of the molecule is CCN(CCCCCCn1nc(-c2ccc(N(C)C)cc2O)ccc1=O)Cc1ccccc1N(C)C. The Hall–Kier alpha value is -3.32. The molecule has 194 valence electrons. The first-order valence-corrected chi connectivity index (χ1v) is 12.9. The Morgan fingerprint density at radius 2 is 1.64 bits per heavy atom. The maximum Gasteiger partial charge on any atom is 0.266 e. The van der Waals surface area contributed by atoms with Crippen LogP contribution in [0.25, 0.3) is 11.3 Å². The predicted octanol–water partition coefficient (Wildman–Crippen LogP) is 4.83. The van der Waals surface area contributed by atoms with Crippen LogP contribution in [-0.4, -0.2) is 61.1 Å². The van der Waals surface area contributed by atoms with Crippen LogP contribution in [0.5, 0.6) is 5.75 Å². The third-order valence-corrected chi connectivity index (χ3v) is 6.55. The van der Waals surface area contributed by atoms with Crippen LogP contribution in [0.3, 0.4) is 0 Å². The molecule has 3 rings (SSSR count). The number of hydrogen-bond donors (Lipinski definition) is 1. The standard InChI is InChI=1S/C29H41N5O2/c1-6-33(22-23-13-9-10-14-27(23)32(4)5)19-11-7-8-12-20-34-29(36)18-17-26(30-34)25-16-15-24(31(2)3)21-28(25)35/h9-10,13-18,21,35H,6-8,11-12,19-20,22H2,1-5H3. The summed E-state index contributed by atoms with van der Waals surface area (Å²) in [7, 11) is 8.04. The van der Waals surface area contributed by atoms with Crippen molar-refractivity contribution < 1.29 is 5.11 Å². The number of aromatic nitrogens is 2. The largest absolute Gasteiger partial charge is 0.507 e. The van der Waals surface area contributed by atoms with E-state index in [1.807, 2.05) is 31.1 Å². The van der Waals surface area contributed by atoms with Gasteiger partial charge < -0.3 is 14.9 Å². The van der Waals surface area contributed by atoms with Gasteiger partial charge in [-0.05, 0) is 55.8 Å². The molecule has 0 aliphatic carbocycles. The molecule has 0 saturated heterocycles. The summed E-state index contributed by atoms with van der Waals surface area (Å²) in [6.45, 7) is 5.84. The van der Waals surface area contributed by atoms with Gasteiger partial charge in [0.2, 0.25) is 0 Å². The highest BCUT2D eigenvalue weighted by molar-refractivity contribution is 5.70. The number of phenolic OH excluding ortho intramolecular Hbond substituents is 1. The second-order valence-electron chi connectivity index (χ2n) is 9.68. The molecule has 36 heavy (non-hydrogen) atoms. The summed E-state index contributed by atoms with van der Waals surface area (Å²) < 4.78 is 1.52. The number of unbranched alkanes of at least 4 members (excludes halogenated alkanes) is 3. The minimum atomic E-state index is -0.111. The Morgan fingerprint density at radius 1 is 0.889 bits per heavy atom. The molecular weight excluding hydrogens is 450 g/mol. The topological polar surface area (TPSA) is 64.8 Å². The molecule has 1 heterocycles. The molecule has 1 N–H and O–H groups in total. The van der Waals surface area contributed by atoms with E-state index in [-0.39, 0.29) is 11.3 Å². The third-order valence-electron chi connectivity index (χ3n) is 6.55. The van der Waals surface area contributed by atoms with Crippen LogP contribution in [-0.2, 0) is 13.1 Å². The number of para-hydroxylation sites is 1. The maximum atomic E-state index is 12.3. The normalized spacial score (nSPS) is 11.2. The van der Waals surface area contributed by atoms with E-state index in [4.69, 9.17) is 0 Å². The first-order valence-electron chi connectivity index (χ1n) is 12.9. The molecule has 3 aromatic rings. The van der Waals surface area contributed by atoms with Crippen molar-refractivity contribution in [1.82, 2.24) is 14.7 Å². The number of rotatable bonds is 13. The van der Waals surface area contributed by atoms with Crippen molar-refractivity contribution in [2.24, 2.45) is 0 Å². The van der Waals surface area contributed by atoms with E-state index in [1.165, 1.54) is 22.0 Å². The molecule has 0 amide bonds. The van der Waals surface area contributed by atoms with Gasteiger partial charge in [-0.25, -0.2) is 4.68 Å². The molecule has 7 nitrogen and oxygen atoms in total. The maximum absolute atomic E-state index is 12.3. The van der Waals surface area contributed by atoms with E-state index < -0.39 is 0 Å². The van der Waals surface area contributed by atoms with Crippen LogP contribution < -0.4 is 15.4 Å². The van der Waals surface area contributed by atoms with Gasteiger partial charge in [0.25, 0.3) is 5.56 Å². The number of aromatic hydroxyl groups is 1. The van der Waals surface area contributed by atoms with E-state index in [9.17, 15) is 9.90 Å². The Bertz CT molecular complexity index is 1170. The molecule has 0 bridgehead atoms. The van der Waals surface area contributed by atoms with Crippen molar-refractivity contribution >= 4 is 11.4 Å². The summed E-state index contributed by atoms with van der Waals surface area (Å²) in [6.07, 6.45) is 4.20. The first kappa shape index (κ1) is 27.3. The molecule has 2 aromatic carbocycles. The summed E-state index contributed by atoms with van der Waals surface area (Å²) in [5.74, 6) is 0.160. The second-order valence-corrected chi connectivity index (χ2v) is 9.68. The van der Waals surface area contributed by atoms with Crippen molar-refractivity contribution in [3.63, 3.8) is 0 Å². The Morgan fingerprint density at radius 3 is 2.33 bits per heavy atom.